The summed E-state index contributed by atoms with van der Waals surface area (Å²) in [4.78, 5) is 0. The minimum atomic E-state index is 0.250. The van der Waals surface area contributed by atoms with Crippen molar-refractivity contribution < 1.29 is 9.59 Å². The number of rotatable bonds is 7. The van der Waals surface area contributed by atoms with E-state index in [9.17, 15) is 0 Å². The van der Waals surface area contributed by atoms with Gasteiger partial charge in [-0.2, -0.15) is 0 Å². The second kappa shape index (κ2) is 10.9. The Kier molecular flexibility index (Phi) is 8.59. The lowest BCUT2D eigenvalue weighted by atomic mass is 10.2. The van der Waals surface area contributed by atoms with Crippen LogP contribution in [0.2, 0.25) is 0 Å². The molecule has 0 aliphatic rings. The van der Waals surface area contributed by atoms with Gasteiger partial charge in [-0.15, -0.1) is 0 Å². The summed E-state index contributed by atoms with van der Waals surface area (Å²) in [6.07, 6.45) is 0. The molecule has 0 saturated heterocycles. The Balaban J connectivity index is 0.000000212. The maximum atomic E-state index is 8.86. The Morgan fingerprint density at radius 2 is 1.00 bits per heavy atom. The number of nitrogens with zero attached hydrogens (tertiary/aromatic N) is 2. The quantitative estimate of drug-likeness (QED) is 0.578. The molecule has 1 N–H and O–H groups in total. The van der Waals surface area contributed by atoms with Crippen LogP contribution in [-0.4, -0.2) is 50.9 Å². The number of quaternary nitrogens is 2. The molecule has 0 bridgehead atoms. The minimum Gasteiger partial charge on any atom is -0.391 e. The van der Waals surface area contributed by atoms with Crippen LogP contribution in [0.4, 0.5) is 5.69 Å². The van der Waals surface area contributed by atoms with Crippen molar-refractivity contribution in [2.45, 2.75) is 13.1 Å². The van der Waals surface area contributed by atoms with E-state index in [0.717, 1.165) is 28.6 Å². The smallest absolute Gasteiger partial charge is 0.132 e. The molecule has 3 heteroatoms. The van der Waals surface area contributed by atoms with E-state index in [1.165, 1.54) is 16.8 Å². The van der Waals surface area contributed by atoms with Crippen molar-refractivity contribution in [3.63, 3.8) is 0 Å². The maximum Gasteiger partial charge on any atom is 0.132 e. The van der Waals surface area contributed by atoms with Crippen molar-refractivity contribution in [2.24, 2.45) is 0 Å². The zero-order chi connectivity index (χ0) is 21.2. The van der Waals surface area contributed by atoms with E-state index < -0.39 is 0 Å². The molecule has 0 amide bonds. The average Bonchev–Trinajstić information content (AvgIpc) is 2.70. The van der Waals surface area contributed by atoms with Gasteiger partial charge in [0.2, 0.25) is 0 Å². The van der Waals surface area contributed by atoms with E-state index in [0.29, 0.717) is 0 Å². The first-order chi connectivity index (χ1) is 13.8. The van der Waals surface area contributed by atoms with E-state index >= 15 is 0 Å². The van der Waals surface area contributed by atoms with E-state index in [4.69, 9.17) is 5.11 Å². The summed E-state index contributed by atoms with van der Waals surface area (Å²) in [5.74, 6) is 0. The van der Waals surface area contributed by atoms with Crippen LogP contribution >= 0.6 is 0 Å². The molecule has 3 rings (SSSR count). The zero-order valence-electron chi connectivity index (χ0n) is 18.3. The number of likely N-dealkylation sites (N-methyl/N-ethyl adjacent to an activating group) is 1. The molecule has 3 nitrogen and oxygen atoms in total. The summed E-state index contributed by atoms with van der Waals surface area (Å²) in [5.41, 5.74) is 4.03. The topological polar surface area (TPSA) is 20.2 Å². The summed E-state index contributed by atoms with van der Waals surface area (Å²) in [6.45, 7) is 3.04. The second-order valence-electron chi connectivity index (χ2n) is 8.69. The molecular weight excluding hydrogens is 356 g/mol. The highest BCUT2D eigenvalue weighted by molar-refractivity contribution is 5.41. The van der Waals surface area contributed by atoms with Crippen LogP contribution in [0.3, 0.4) is 0 Å². The fourth-order valence-corrected chi connectivity index (χ4v) is 3.39. The predicted octanol–water partition coefficient (Wildman–Crippen LogP) is 4.71. The number of hydrogen-bond donors (Lipinski definition) is 1. The van der Waals surface area contributed by atoms with Crippen molar-refractivity contribution >= 4 is 5.69 Å². The molecule has 29 heavy (non-hydrogen) atoms. The van der Waals surface area contributed by atoms with Crippen molar-refractivity contribution in [3.8, 4) is 0 Å². The van der Waals surface area contributed by atoms with E-state index in [1.54, 1.807) is 0 Å². The van der Waals surface area contributed by atoms with Crippen molar-refractivity contribution in [3.05, 3.63) is 102 Å². The second-order valence-corrected chi connectivity index (χ2v) is 8.69. The molecule has 154 valence electrons. The lowest BCUT2D eigenvalue weighted by Gasteiger charge is -2.29. The Hall–Kier alpha value is -2.46. The fourth-order valence-electron chi connectivity index (χ4n) is 3.39. The molecule has 0 aliphatic heterocycles. The van der Waals surface area contributed by atoms with E-state index in [-0.39, 0.29) is 6.61 Å². The summed E-state index contributed by atoms with van der Waals surface area (Å²) >= 11 is 0. The van der Waals surface area contributed by atoms with Gasteiger partial charge in [-0.05, 0) is 12.1 Å². The Labute approximate surface area is 176 Å². The van der Waals surface area contributed by atoms with Crippen LogP contribution in [0.15, 0.2) is 91.0 Å². The molecule has 3 aromatic carbocycles. The molecule has 0 atom stereocenters. The SMILES string of the molecule is C[N+](C)(CCO)Cc1ccccc1.C[N+](C)(Cc1ccccc1)c1ccccc1. The van der Waals surface area contributed by atoms with Crippen molar-refractivity contribution in [2.75, 3.05) is 41.3 Å². The Bertz CT molecular complexity index is 815. The lowest BCUT2D eigenvalue weighted by Crippen LogP contribution is -2.40. The third kappa shape index (κ3) is 8.20. The minimum absolute atomic E-state index is 0.250. The highest BCUT2D eigenvalue weighted by atomic mass is 16.3. The van der Waals surface area contributed by atoms with Crippen LogP contribution in [0.1, 0.15) is 11.1 Å². The van der Waals surface area contributed by atoms with E-state index in [2.05, 4.69) is 101 Å². The number of hydrogen-bond acceptors (Lipinski definition) is 1. The highest BCUT2D eigenvalue weighted by Gasteiger charge is 2.18. The lowest BCUT2D eigenvalue weighted by molar-refractivity contribution is -0.903. The summed E-state index contributed by atoms with van der Waals surface area (Å²) < 4.78 is 1.71. The van der Waals surface area contributed by atoms with E-state index in [1.807, 2.05) is 18.2 Å². The maximum absolute atomic E-state index is 8.86. The van der Waals surface area contributed by atoms with Gasteiger partial charge in [-0.1, -0.05) is 78.9 Å². The van der Waals surface area contributed by atoms with Crippen LogP contribution < -0.4 is 4.48 Å². The molecule has 0 aliphatic carbocycles. The van der Waals surface area contributed by atoms with Gasteiger partial charge in [0, 0.05) is 11.1 Å². The molecule has 0 radical (unpaired) electrons. The first kappa shape index (κ1) is 22.8. The third-order valence-electron chi connectivity index (χ3n) is 5.03. The highest BCUT2D eigenvalue weighted by Crippen LogP contribution is 2.21. The standard InChI is InChI=1S/C15H18N.C11H18NO/c1-16(2,15-11-7-4-8-12-15)13-14-9-5-3-6-10-14;1-12(2,8-9-13)10-11-6-4-3-5-7-11/h3-12H,13H2,1-2H3;3-7,13H,8-10H2,1-2H3/q2*+1. The third-order valence-corrected chi connectivity index (χ3v) is 5.03. The van der Waals surface area contributed by atoms with Gasteiger partial charge >= 0.3 is 0 Å². The van der Waals surface area contributed by atoms with Gasteiger partial charge in [0.15, 0.2) is 0 Å². The molecule has 0 saturated carbocycles. The monoisotopic (exact) mass is 392 g/mol. The number of aliphatic hydroxyl groups excluding tert-OH is 1. The van der Waals surface area contributed by atoms with Gasteiger partial charge in [-0.3, -0.25) is 4.48 Å². The van der Waals surface area contributed by atoms with Gasteiger partial charge < -0.3 is 9.59 Å². The van der Waals surface area contributed by atoms with Gasteiger partial charge in [-0.25, -0.2) is 0 Å². The largest absolute Gasteiger partial charge is 0.391 e. The number of benzene rings is 3. The van der Waals surface area contributed by atoms with Crippen molar-refractivity contribution in [1.82, 2.24) is 4.48 Å². The first-order valence-electron chi connectivity index (χ1n) is 10.2. The molecule has 0 fully saturated rings. The van der Waals surface area contributed by atoms with Crippen LogP contribution in [0, 0.1) is 0 Å². The van der Waals surface area contributed by atoms with Gasteiger partial charge in [0.1, 0.15) is 25.3 Å². The van der Waals surface area contributed by atoms with Crippen LogP contribution in [-0.2, 0) is 13.1 Å². The summed E-state index contributed by atoms with van der Waals surface area (Å²) in [6, 6.07) is 31.6. The molecule has 0 heterocycles. The van der Waals surface area contributed by atoms with Crippen LogP contribution in [0.25, 0.3) is 0 Å². The number of para-hydroxylation sites is 1. The molecular formula is C26H36N2O+2. The Morgan fingerprint density at radius 3 is 1.45 bits per heavy atom. The molecule has 0 aromatic heterocycles. The molecule has 0 spiro atoms. The normalized spacial score (nSPS) is 11.5. The van der Waals surface area contributed by atoms with Gasteiger partial charge in [0.25, 0.3) is 0 Å². The summed E-state index contributed by atoms with van der Waals surface area (Å²) in [5, 5.41) is 8.86. The van der Waals surface area contributed by atoms with Crippen molar-refractivity contribution in [1.29, 1.82) is 0 Å². The first-order valence-corrected chi connectivity index (χ1v) is 10.2. The average molecular weight is 393 g/mol. The summed E-state index contributed by atoms with van der Waals surface area (Å²) in [7, 11) is 8.73. The molecule has 3 aromatic rings. The predicted molar refractivity (Wildman–Crippen MR) is 124 cm³/mol. The fraction of sp³-hybridized carbons (Fsp3) is 0.308. The van der Waals surface area contributed by atoms with Crippen LogP contribution in [0.5, 0.6) is 0 Å². The number of aliphatic hydroxyl groups is 1. The zero-order valence-corrected chi connectivity index (χ0v) is 18.3. The Morgan fingerprint density at radius 1 is 0.586 bits per heavy atom. The molecule has 0 unspecified atom stereocenters. The van der Waals surface area contributed by atoms with Gasteiger partial charge in [0.05, 0.1) is 34.8 Å².